The monoisotopic (exact) mass is 299 g/mol. The molecule has 21 heavy (non-hydrogen) atoms. The Morgan fingerprint density at radius 1 is 1.10 bits per heavy atom. The predicted molar refractivity (Wildman–Crippen MR) is 81.1 cm³/mol. The summed E-state index contributed by atoms with van der Waals surface area (Å²) >= 11 is 0. The summed E-state index contributed by atoms with van der Waals surface area (Å²) in [5.41, 5.74) is 0.310. The van der Waals surface area contributed by atoms with E-state index in [0.29, 0.717) is 6.54 Å². The second kappa shape index (κ2) is 8.88. The van der Waals surface area contributed by atoms with Gasteiger partial charge in [-0.1, -0.05) is 44.4 Å². The molecule has 0 saturated heterocycles. The molecule has 0 aliphatic heterocycles. The molecule has 0 amide bonds. The minimum atomic E-state index is -4.26. The smallest absolute Gasteiger partial charge is 0.295 e. The first-order valence-electron chi connectivity index (χ1n) is 7.46. The van der Waals surface area contributed by atoms with Gasteiger partial charge in [0.1, 0.15) is 0 Å². The molecule has 1 aromatic carbocycles. The van der Waals surface area contributed by atoms with Crippen molar-refractivity contribution in [1.82, 2.24) is 4.90 Å². The molecule has 0 aliphatic carbocycles. The average molecular weight is 299 g/mol. The first-order valence-corrected chi connectivity index (χ1v) is 7.46. The van der Waals surface area contributed by atoms with Gasteiger partial charge in [-0.3, -0.25) is 4.90 Å². The van der Waals surface area contributed by atoms with Crippen LogP contribution >= 0.6 is 0 Å². The van der Waals surface area contributed by atoms with Crippen LogP contribution in [-0.4, -0.2) is 18.0 Å². The van der Waals surface area contributed by atoms with Crippen LogP contribution in [0.4, 0.5) is 13.2 Å². The van der Waals surface area contributed by atoms with Crippen molar-refractivity contribution in [3.05, 3.63) is 48.0 Å². The molecule has 0 spiro atoms. The standard InChI is InChI=1S/C17H24F3N/c1-3-5-6-7-13-21(12-4-2)14-15-8-10-16(11-9-15)17(18,19)20/h4,8-11H,2-3,5-7,12-14H2,1H3. The molecule has 0 fully saturated rings. The number of benzene rings is 1. The van der Waals surface area contributed by atoms with Gasteiger partial charge in [0.2, 0.25) is 0 Å². The first kappa shape index (κ1) is 17.8. The molecule has 0 unspecified atom stereocenters. The minimum absolute atomic E-state index is 0.593. The summed E-state index contributed by atoms with van der Waals surface area (Å²) in [6.07, 6.45) is 2.30. The van der Waals surface area contributed by atoms with Crippen LogP contribution < -0.4 is 0 Å². The molecular weight excluding hydrogens is 275 g/mol. The summed E-state index contributed by atoms with van der Waals surface area (Å²) in [5, 5.41) is 0. The van der Waals surface area contributed by atoms with E-state index in [0.717, 1.165) is 37.2 Å². The van der Waals surface area contributed by atoms with Gasteiger partial charge in [0.25, 0.3) is 0 Å². The van der Waals surface area contributed by atoms with Crippen LogP contribution in [0.15, 0.2) is 36.9 Å². The largest absolute Gasteiger partial charge is 0.416 e. The normalized spacial score (nSPS) is 11.9. The van der Waals surface area contributed by atoms with Crippen molar-refractivity contribution in [2.75, 3.05) is 13.1 Å². The number of hydrogen-bond acceptors (Lipinski definition) is 1. The van der Waals surface area contributed by atoms with Crippen molar-refractivity contribution in [2.45, 2.75) is 45.3 Å². The molecule has 0 radical (unpaired) electrons. The van der Waals surface area contributed by atoms with E-state index in [4.69, 9.17) is 0 Å². The number of nitrogens with zero attached hydrogens (tertiary/aromatic N) is 1. The Balaban J connectivity index is 2.55. The van der Waals surface area contributed by atoms with Crippen molar-refractivity contribution in [2.24, 2.45) is 0 Å². The van der Waals surface area contributed by atoms with Crippen LogP contribution in [0.1, 0.15) is 43.7 Å². The Hall–Kier alpha value is -1.29. The van der Waals surface area contributed by atoms with Crippen LogP contribution in [0.2, 0.25) is 0 Å². The highest BCUT2D eigenvalue weighted by atomic mass is 19.4. The Kier molecular flexibility index (Phi) is 7.51. The number of unbranched alkanes of at least 4 members (excludes halogenated alkanes) is 3. The molecule has 0 heterocycles. The second-order valence-electron chi connectivity index (χ2n) is 5.28. The third kappa shape index (κ3) is 6.80. The van der Waals surface area contributed by atoms with Gasteiger partial charge in [0.05, 0.1) is 5.56 Å². The molecule has 0 aliphatic rings. The van der Waals surface area contributed by atoms with Gasteiger partial charge >= 0.3 is 6.18 Å². The molecule has 1 aromatic rings. The topological polar surface area (TPSA) is 3.24 Å². The van der Waals surface area contributed by atoms with Gasteiger partial charge in [0.15, 0.2) is 0 Å². The molecule has 0 N–H and O–H groups in total. The summed E-state index contributed by atoms with van der Waals surface area (Å²) in [5.74, 6) is 0. The number of halogens is 3. The number of alkyl halides is 3. The van der Waals surface area contributed by atoms with Crippen LogP contribution in [0.3, 0.4) is 0 Å². The lowest BCUT2D eigenvalue weighted by Gasteiger charge is -2.21. The van der Waals surface area contributed by atoms with E-state index in [1.54, 1.807) is 12.1 Å². The predicted octanol–water partition coefficient (Wildman–Crippen LogP) is 5.27. The zero-order valence-corrected chi connectivity index (χ0v) is 12.6. The zero-order chi connectivity index (χ0) is 15.7. The Bertz CT molecular complexity index is 409. The van der Waals surface area contributed by atoms with Gasteiger partial charge in [-0.2, -0.15) is 13.2 Å². The maximum absolute atomic E-state index is 12.5. The third-order valence-electron chi connectivity index (χ3n) is 3.40. The Labute approximate surface area is 125 Å². The molecule has 1 nitrogen and oxygen atoms in total. The quantitative estimate of drug-likeness (QED) is 0.443. The van der Waals surface area contributed by atoms with Crippen LogP contribution in [-0.2, 0) is 12.7 Å². The van der Waals surface area contributed by atoms with Crippen LogP contribution in [0, 0.1) is 0 Å². The zero-order valence-electron chi connectivity index (χ0n) is 12.6. The van der Waals surface area contributed by atoms with Crippen molar-refractivity contribution >= 4 is 0 Å². The molecule has 0 aromatic heterocycles. The highest BCUT2D eigenvalue weighted by molar-refractivity contribution is 5.24. The van der Waals surface area contributed by atoms with E-state index >= 15 is 0 Å². The van der Waals surface area contributed by atoms with E-state index in [1.807, 2.05) is 6.08 Å². The highest BCUT2D eigenvalue weighted by Gasteiger charge is 2.29. The molecule has 0 bridgehead atoms. The maximum atomic E-state index is 12.5. The SMILES string of the molecule is C=CCN(CCCCCC)Cc1ccc(C(F)(F)F)cc1. The summed E-state index contributed by atoms with van der Waals surface area (Å²) in [6.45, 7) is 8.28. The van der Waals surface area contributed by atoms with Crippen LogP contribution in [0.5, 0.6) is 0 Å². The van der Waals surface area contributed by atoms with Gasteiger partial charge in [-0.25, -0.2) is 0 Å². The number of hydrogen-bond donors (Lipinski definition) is 0. The Morgan fingerprint density at radius 2 is 1.76 bits per heavy atom. The van der Waals surface area contributed by atoms with Gasteiger partial charge < -0.3 is 0 Å². The second-order valence-corrected chi connectivity index (χ2v) is 5.28. The number of rotatable bonds is 9. The van der Waals surface area contributed by atoms with Crippen molar-refractivity contribution in [3.8, 4) is 0 Å². The fourth-order valence-electron chi connectivity index (χ4n) is 2.24. The minimum Gasteiger partial charge on any atom is -0.295 e. The third-order valence-corrected chi connectivity index (χ3v) is 3.40. The fraction of sp³-hybridized carbons (Fsp3) is 0.529. The summed E-state index contributed by atoms with van der Waals surface area (Å²) in [4.78, 5) is 2.21. The molecule has 0 atom stereocenters. The van der Waals surface area contributed by atoms with E-state index in [1.165, 1.54) is 19.3 Å². The van der Waals surface area contributed by atoms with E-state index in [2.05, 4.69) is 18.4 Å². The lowest BCUT2D eigenvalue weighted by atomic mass is 10.1. The molecule has 4 heteroatoms. The molecular formula is C17H24F3N. The Morgan fingerprint density at radius 3 is 2.29 bits per heavy atom. The maximum Gasteiger partial charge on any atom is 0.416 e. The molecule has 0 saturated carbocycles. The summed E-state index contributed by atoms with van der Waals surface area (Å²) < 4.78 is 37.6. The van der Waals surface area contributed by atoms with Gasteiger partial charge in [-0.05, 0) is 30.7 Å². The van der Waals surface area contributed by atoms with Crippen molar-refractivity contribution in [3.63, 3.8) is 0 Å². The van der Waals surface area contributed by atoms with E-state index in [-0.39, 0.29) is 0 Å². The highest BCUT2D eigenvalue weighted by Crippen LogP contribution is 2.29. The summed E-state index contributed by atoms with van der Waals surface area (Å²) in [7, 11) is 0. The fourth-order valence-corrected chi connectivity index (χ4v) is 2.24. The first-order chi connectivity index (χ1) is 9.97. The lowest BCUT2D eigenvalue weighted by Crippen LogP contribution is -2.24. The summed E-state index contributed by atoms with van der Waals surface area (Å²) in [6, 6.07) is 5.42. The van der Waals surface area contributed by atoms with E-state index in [9.17, 15) is 13.2 Å². The van der Waals surface area contributed by atoms with Gasteiger partial charge in [-0.15, -0.1) is 6.58 Å². The van der Waals surface area contributed by atoms with E-state index < -0.39 is 11.7 Å². The van der Waals surface area contributed by atoms with Crippen molar-refractivity contribution < 1.29 is 13.2 Å². The molecule has 118 valence electrons. The van der Waals surface area contributed by atoms with Gasteiger partial charge in [0, 0.05) is 13.1 Å². The molecule has 1 rings (SSSR count). The van der Waals surface area contributed by atoms with Crippen molar-refractivity contribution in [1.29, 1.82) is 0 Å². The van der Waals surface area contributed by atoms with Crippen LogP contribution in [0.25, 0.3) is 0 Å². The lowest BCUT2D eigenvalue weighted by molar-refractivity contribution is -0.137. The average Bonchev–Trinajstić information content (AvgIpc) is 2.43.